The molecule has 0 bridgehead atoms. The summed E-state index contributed by atoms with van der Waals surface area (Å²) in [6, 6.07) is 3.93. The molecule has 2 aliphatic rings. The maximum absolute atomic E-state index is 12.3. The van der Waals surface area contributed by atoms with Crippen molar-refractivity contribution in [1.29, 1.82) is 0 Å². The Morgan fingerprint density at radius 1 is 1.32 bits per heavy atom. The van der Waals surface area contributed by atoms with Crippen LogP contribution >= 0.6 is 0 Å². The molecule has 0 spiro atoms. The van der Waals surface area contributed by atoms with Gasteiger partial charge < -0.3 is 19.9 Å². The van der Waals surface area contributed by atoms with E-state index in [9.17, 15) is 9.59 Å². The highest BCUT2D eigenvalue weighted by Crippen LogP contribution is 2.33. The van der Waals surface area contributed by atoms with Crippen molar-refractivity contribution in [2.75, 3.05) is 18.4 Å². The Bertz CT molecular complexity index is 950. The van der Waals surface area contributed by atoms with Crippen molar-refractivity contribution in [1.82, 2.24) is 14.9 Å². The van der Waals surface area contributed by atoms with Gasteiger partial charge in [0, 0.05) is 30.6 Å². The first-order valence-electron chi connectivity index (χ1n) is 9.76. The largest absolute Gasteiger partial charge is 0.444 e. The fourth-order valence-corrected chi connectivity index (χ4v) is 3.35. The first-order chi connectivity index (χ1) is 13.3. The van der Waals surface area contributed by atoms with E-state index in [1.54, 1.807) is 4.90 Å². The van der Waals surface area contributed by atoms with Crippen LogP contribution in [0.2, 0.25) is 0 Å². The van der Waals surface area contributed by atoms with Gasteiger partial charge in [0.2, 0.25) is 5.91 Å². The summed E-state index contributed by atoms with van der Waals surface area (Å²) in [5.74, 6) is 0.733. The molecule has 2 amide bonds. The van der Waals surface area contributed by atoms with Gasteiger partial charge in [-0.05, 0) is 63.3 Å². The molecule has 0 atom stereocenters. The summed E-state index contributed by atoms with van der Waals surface area (Å²) in [6.45, 7) is 6.70. The van der Waals surface area contributed by atoms with Gasteiger partial charge in [0.15, 0.2) is 0 Å². The lowest BCUT2D eigenvalue weighted by Crippen LogP contribution is -2.39. The molecule has 4 rings (SSSR count). The Hall–Kier alpha value is -2.83. The third-order valence-corrected chi connectivity index (χ3v) is 4.93. The molecular weight excluding hydrogens is 356 g/mol. The van der Waals surface area contributed by atoms with Crippen LogP contribution in [0.5, 0.6) is 0 Å². The minimum atomic E-state index is -0.502. The number of fused-ring (bicyclic) bond motifs is 1. The lowest BCUT2D eigenvalue weighted by atomic mass is 9.97. The van der Waals surface area contributed by atoms with Gasteiger partial charge in [0.25, 0.3) is 0 Å². The van der Waals surface area contributed by atoms with Crippen molar-refractivity contribution in [3.63, 3.8) is 0 Å². The van der Waals surface area contributed by atoms with E-state index in [-0.39, 0.29) is 17.9 Å². The number of hydrogen-bond donors (Lipinski definition) is 2. The maximum atomic E-state index is 12.3. The summed E-state index contributed by atoms with van der Waals surface area (Å²) < 4.78 is 5.46. The summed E-state index contributed by atoms with van der Waals surface area (Å²) in [5.41, 5.74) is 2.44. The fraction of sp³-hybridized carbons (Fsp3) is 0.476. The monoisotopic (exact) mass is 382 g/mol. The second-order valence-electron chi connectivity index (χ2n) is 8.46. The van der Waals surface area contributed by atoms with E-state index >= 15 is 0 Å². The third-order valence-electron chi connectivity index (χ3n) is 4.93. The number of nitrogens with zero attached hydrogens (tertiary/aromatic N) is 2. The van der Waals surface area contributed by atoms with Gasteiger partial charge in [-0.1, -0.05) is 6.08 Å². The lowest BCUT2D eigenvalue weighted by Gasteiger charge is -2.29. The minimum Gasteiger partial charge on any atom is -0.444 e. The third kappa shape index (κ3) is 4.03. The van der Waals surface area contributed by atoms with E-state index in [0.717, 1.165) is 41.4 Å². The molecule has 1 aliphatic heterocycles. The number of rotatable bonds is 3. The van der Waals surface area contributed by atoms with Crippen LogP contribution in [-0.2, 0) is 9.53 Å². The highest BCUT2D eigenvalue weighted by Gasteiger charge is 2.30. The lowest BCUT2D eigenvalue weighted by molar-refractivity contribution is -0.117. The second-order valence-corrected chi connectivity index (χ2v) is 8.46. The predicted molar refractivity (Wildman–Crippen MR) is 108 cm³/mol. The van der Waals surface area contributed by atoms with Crippen molar-refractivity contribution in [3.05, 3.63) is 30.0 Å². The van der Waals surface area contributed by atoms with Gasteiger partial charge in [0.05, 0.1) is 0 Å². The number of aromatic amines is 1. The van der Waals surface area contributed by atoms with Crippen LogP contribution in [0.1, 0.15) is 45.6 Å². The molecule has 0 radical (unpaired) electrons. The number of H-pyrrole nitrogens is 1. The normalized spacial score (nSPS) is 17.4. The van der Waals surface area contributed by atoms with E-state index in [2.05, 4.69) is 21.4 Å². The number of carbonyl (C=O) groups excluding carboxylic acids is 2. The number of carbonyl (C=O) groups is 2. The topological polar surface area (TPSA) is 87.3 Å². The molecule has 2 N–H and O–H groups in total. The molecule has 1 saturated carbocycles. The van der Waals surface area contributed by atoms with Gasteiger partial charge in [0.1, 0.15) is 17.1 Å². The van der Waals surface area contributed by atoms with Gasteiger partial charge in [-0.3, -0.25) is 4.79 Å². The summed E-state index contributed by atoms with van der Waals surface area (Å²) in [7, 11) is 0. The van der Waals surface area contributed by atoms with Gasteiger partial charge in [-0.15, -0.1) is 0 Å². The zero-order chi connectivity index (χ0) is 19.9. The minimum absolute atomic E-state index is 0.0399. The van der Waals surface area contributed by atoms with E-state index in [4.69, 9.17) is 4.74 Å². The van der Waals surface area contributed by atoms with Crippen molar-refractivity contribution in [2.24, 2.45) is 5.92 Å². The van der Waals surface area contributed by atoms with E-state index in [1.165, 1.54) is 0 Å². The second kappa shape index (κ2) is 6.96. The smallest absolute Gasteiger partial charge is 0.410 e. The SMILES string of the molecule is CC(C)(C)OC(=O)N1CC=C(c2cc(NC(=O)C3CC3)nc3[nH]ccc23)CC1. The van der Waals surface area contributed by atoms with Crippen LogP contribution in [0.25, 0.3) is 16.6 Å². The van der Waals surface area contributed by atoms with Crippen LogP contribution in [0.3, 0.4) is 0 Å². The number of amides is 2. The summed E-state index contributed by atoms with van der Waals surface area (Å²) in [6.07, 6.45) is 6.25. The number of aromatic nitrogens is 2. The maximum Gasteiger partial charge on any atom is 0.410 e. The highest BCUT2D eigenvalue weighted by molar-refractivity contribution is 5.97. The molecule has 0 aromatic carbocycles. The van der Waals surface area contributed by atoms with Gasteiger partial charge >= 0.3 is 6.09 Å². The fourth-order valence-electron chi connectivity index (χ4n) is 3.35. The average molecular weight is 382 g/mol. The summed E-state index contributed by atoms with van der Waals surface area (Å²) >= 11 is 0. The first-order valence-corrected chi connectivity index (χ1v) is 9.76. The van der Waals surface area contributed by atoms with Crippen LogP contribution in [0.4, 0.5) is 10.6 Å². The summed E-state index contributed by atoms with van der Waals surface area (Å²) in [5, 5.41) is 3.95. The molecule has 148 valence electrons. The molecule has 0 saturated heterocycles. The van der Waals surface area contributed by atoms with E-state index in [0.29, 0.717) is 18.9 Å². The first kappa shape index (κ1) is 18.5. The molecule has 3 heterocycles. The van der Waals surface area contributed by atoms with E-state index < -0.39 is 5.60 Å². The predicted octanol–water partition coefficient (Wildman–Crippen LogP) is 3.94. The average Bonchev–Trinajstić information content (AvgIpc) is 3.38. The number of ether oxygens (including phenoxy) is 1. The number of anilines is 1. The Morgan fingerprint density at radius 3 is 2.75 bits per heavy atom. The van der Waals surface area contributed by atoms with Crippen molar-refractivity contribution in [2.45, 2.75) is 45.6 Å². The molecule has 2 aromatic heterocycles. The quantitative estimate of drug-likeness (QED) is 0.842. The van der Waals surface area contributed by atoms with Gasteiger partial charge in [-0.25, -0.2) is 9.78 Å². The molecule has 1 fully saturated rings. The van der Waals surface area contributed by atoms with Crippen molar-refractivity contribution < 1.29 is 14.3 Å². The Morgan fingerprint density at radius 2 is 2.11 bits per heavy atom. The molecule has 1 aliphatic carbocycles. The Labute approximate surface area is 164 Å². The zero-order valence-corrected chi connectivity index (χ0v) is 16.5. The highest BCUT2D eigenvalue weighted by atomic mass is 16.6. The van der Waals surface area contributed by atoms with Gasteiger partial charge in [-0.2, -0.15) is 0 Å². The van der Waals surface area contributed by atoms with E-state index in [1.807, 2.05) is 39.1 Å². The molecular formula is C21H26N4O3. The molecule has 7 heteroatoms. The van der Waals surface area contributed by atoms with Crippen molar-refractivity contribution >= 4 is 34.4 Å². The Kier molecular flexibility index (Phi) is 4.61. The molecule has 7 nitrogen and oxygen atoms in total. The Balaban J connectivity index is 1.56. The molecule has 0 unspecified atom stereocenters. The standard InChI is InChI=1S/C21H26N4O3/c1-21(2,3)28-20(27)25-10-7-13(8-11-25)16-12-17(24-19(26)14-4-5-14)23-18-15(16)6-9-22-18/h6-7,9,12,14H,4-5,8,10-11H2,1-3H3,(H2,22,23,24,26). The van der Waals surface area contributed by atoms with Crippen LogP contribution in [0, 0.1) is 5.92 Å². The summed E-state index contributed by atoms with van der Waals surface area (Å²) in [4.78, 5) is 33.8. The number of nitrogens with one attached hydrogen (secondary N) is 2. The van der Waals surface area contributed by atoms with Crippen molar-refractivity contribution in [3.8, 4) is 0 Å². The molecule has 2 aromatic rings. The molecule has 28 heavy (non-hydrogen) atoms. The zero-order valence-electron chi connectivity index (χ0n) is 16.5. The number of hydrogen-bond acceptors (Lipinski definition) is 4. The van der Waals surface area contributed by atoms with Crippen LogP contribution in [0.15, 0.2) is 24.4 Å². The van der Waals surface area contributed by atoms with Crippen LogP contribution in [-0.4, -0.2) is 45.6 Å². The number of pyridine rings is 1. The van der Waals surface area contributed by atoms with Crippen LogP contribution < -0.4 is 5.32 Å².